The Hall–Kier alpha value is -2.17. The molecular formula is C24H45N7O6S3. The number of amides is 6. The van der Waals surface area contributed by atoms with Gasteiger partial charge < -0.3 is 31.9 Å². The van der Waals surface area contributed by atoms with E-state index >= 15 is 0 Å². The van der Waals surface area contributed by atoms with Gasteiger partial charge >= 0.3 is 0 Å². The summed E-state index contributed by atoms with van der Waals surface area (Å²) in [5.41, 5.74) is 0. The Morgan fingerprint density at radius 1 is 0.525 bits per heavy atom. The summed E-state index contributed by atoms with van der Waals surface area (Å²) in [6.45, 7) is 5.95. The third-order valence-electron chi connectivity index (χ3n) is 5.52. The van der Waals surface area contributed by atoms with E-state index in [1.165, 1.54) is 20.8 Å². The molecule has 0 bridgehead atoms. The van der Waals surface area contributed by atoms with Crippen molar-refractivity contribution in [3.8, 4) is 0 Å². The van der Waals surface area contributed by atoms with Gasteiger partial charge in [0.15, 0.2) is 0 Å². The van der Waals surface area contributed by atoms with E-state index in [2.05, 4.69) is 69.8 Å². The van der Waals surface area contributed by atoms with Gasteiger partial charge in [0.25, 0.3) is 0 Å². The third-order valence-corrected chi connectivity index (χ3v) is 6.29. The van der Waals surface area contributed by atoms with Crippen LogP contribution in [0.4, 0.5) is 0 Å². The van der Waals surface area contributed by atoms with Gasteiger partial charge in [0, 0.05) is 60.0 Å². The van der Waals surface area contributed by atoms with Crippen LogP contribution in [0, 0.1) is 0 Å². The fraction of sp³-hybridized carbons (Fsp3) is 0.750. The van der Waals surface area contributed by atoms with E-state index in [0.717, 1.165) is 0 Å². The lowest BCUT2D eigenvalue weighted by atomic mass is 10.2. The first-order valence-corrected chi connectivity index (χ1v) is 15.0. The number of hydrogen-bond donors (Lipinski definition) is 9. The summed E-state index contributed by atoms with van der Waals surface area (Å²) >= 11 is 12.4. The molecule has 0 aromatic rings. The Morgan fingerprint density at radius 2 is 0.775 bits per heavy atom. The molecule has 0 aliphatic heterocycles. The first-order valence-electron chi connectivity index (χ1n) is 13.1. The van der Waals surface area contributed by atoms with Crippen LogP contribution < -0.4 is 31.9 Å². The Morgan fingerprint density at radius 3 is 0.975 bits per heavy atom. The van der Waals surface area contributed by atoms with Crippen molar-refractivity contribution in [3.63, 3.8) is 0 Å². The molecule has 0 rings (SSSR count). The minimum atomic E-state index is -0.697. The normalized spacial score (nSPS) is 13.0. The topological polar surface area (TPSA) is 178 Å². The van der Waals surface area contributed by atoms with Crippen molar-refractivity contribution < 1.29 is 28.8 Å². The highest BCUT2D eigenvalue weighted by Crippen LogP contribution is 1.98. The zero-order valence-electron chi connectivity index (χ0n) is 23.5. The van der Waals surface area contributed by atoms with Crippen molar-refractivity contribution in [1.82, 2.24) is 36.8 Å². The van der Waals surface area contributed by atoms with E-state index in [-0.39, 0.29) is 55.1 Å². The van der Waals surface area contributed by atoms with Crippen molar-refractivity contribution in [2.24, 2.45) is 0 Å². The van der Waals surface area contributed by atoms with Crippen LogP contribution in [0.2, 0.25) is 0 Å². The van der Waals surface area contributed by atoms with Crippen molar-refractivity contribution in [1.29, 1.82) is 0 Å². The Balaban J connectivity index is 5.13. The zero-order valence-corrected chi connectivity index (χ0v) is 26.1. The van der Waals surface area contributed by atoms with Gasteiger partial charge in [0.05, 0.1) is 0 Å². The molecule has 0 fully saturated rings. The number of hydrogen-bond acceptors (Lipinski definition) is 10. The van der Waals surface area contributed by atoms with Crippen LogP contribution in [-0.2, 0) is 28.8 Å². The fourth-order valence-corrected chi connectivity index (χ4v) is 4.42. The third kappa shape index (κ3) is 18.2. The summed E-state index contributed by atoms with van der Waals surface area (Å²) in [7, 11) is 0. The van der Waals surface area contributed by atoms with Crippen LogP contribution in [0.3, 0.4) is 0 Å². The molecule has 0 aromatic carbocycles. The standard InChI is InChI=1S/C24H45N7O6S3/c1-16(32)28-19(4-13-38)22(35)25-7-10-31(11-8-26-23(36)20(5-14-39)29-17(2)33)12-9-27-24(37)21(6-15-40)30-18(3)34/h19-21,38-40H,4-15H2,1-3H3,(H,25,35)(H,26,36)(H,27,37)(H,28,32)(H,29,33)(H,30,34). The molecule has 3 unspecified atom stereocenters. The molecular weight excluding hydrogens is 579 g/mol. The minimum absolute atomic E-state index is 0.256. The summed E-state index contributed by atoms with van der Waals surface area (Å²) in [5, 5.41) is 16.2. The van der Waals surface area contributed by atoms with Crippen LogP contribution >= 0.6 is 37.9 Å². The van der Waals surface area contributed by atoms with E-state index in [1.807, 2.05) is 4.90 Å². The van der Waals surface area contributed by atoms with Crippen LogP contribution in [0.5, 0.6) is 0 Å². The Kier molecular flexibility index (Phi) is 21.3. The second-order valence-electron chi connectivity index (χ2n) is 9.01. The van der Waals surface area contributed by atoms with Crippen molar-refractivity contribution >= 4 is 73.3 Å². The van der Waals surface area contributed by atoms with Gasteiger partial charge in [-0.2, -0.15) is 37.9 Å². The van der Waals surface area contributed by atoms with Gasteiger partial charge in [0.1, 0.15) is 18.1 Å². The number of carbonyl (C=O) groups is 6. The predicted molar refractivity (Wildman–Crippen MR) is 164 cm³/mol. The summed E-state index contributed by atoms with van der Waals surface area (Å²) < 4.78 is 0. The monoisotopic (exact) mass is 623 g/mol. The lowest BCUT2D eigenvalue weighted by Gasteiger charge is -2.25. The molecule has 0 heterocycles. The number of nitrogens with zero attached hydrogens (tertiary/aromatic N) is 1. The molecule has 0 aliphatic rings. The molecule has 6 amide bonds. The molecule has 13 nitrogen and oxygen atoms in total. The molecule has 0 saturated heterocycles. The molecule has 230 valence electrons. The summed E-state index contributed by atoms with van der Waals surface area (Å²) in [4.78, 5) is 73.8. The Bertz CT molecular complexity index is 732. The maximum Gasteiger partial charge on any atom is 0.242 e. The number of carbonyl (C=O) groups excluding carboxylic acids is 6. The molecule has 40 heavy (non-hydrogen) atoms. The second-order valence-corrected chi connectivity index (χ2v) is 10.4. The van der Waals surface area contributed by atoms with Crippen LogP contribution in [0.1, 0.15) is 40.0 Å². The predicted octanol–water partition coefficient (Wildman–Crippen LogP) is -1.89. The van der Waals surface area contributed by atoms with Crippen molar-refractivity contribution in [3.05, 3.63) is 0 Å². The number of thiol groups is 3. The Labute approximate surface area is 253 Å². The van der Waals surface area contributed by atoms with E-state index in [4.69, 9.17) is 0 Å². The number of rotatable bonds is 21. The number of nitrogens with one attached hydrogen (secondary N) is 6. The highest BCUT2D eigenvalue weighted by atomic mass is 32.1. The molecule has 0 aromatic heterocycles. The lowest BCUT2D eigenvalue weighted by Crippen LogP contribution is -2.51. The van der Waals surface area contributed by atoms with E-state index in [0.29, 0.717) is 56.2 Å². The largest absolute Gasteiger partial charge is 0.353 e. The van der Waals surface area contributed by atoms with Gasteiger partial charge in [-0.25, -0.2) is 0 Å². The smallest absolute Gasteiger partial charge is 0.242 e. The quantitative estimate of drug-likeness (QED) is 0.0672. The summed E-state index contributed by atoms with van der Waals surface area (Å²) in [5.74, 6) is -0.694. The lowest BCUT2D eigenvalue weighted by molar-refractivity contribution is -0.128. The van der Waals surface area contributed by atoms with Gasteiger partial charge in [-0.3, -0.25) is 33.7 Å². The SMILES string of the molecule is CC(=O)NC(CCS)C(=O)NCCN(CCNC(=O)C(CCS)NC(C)=O)CCNC(=O)C(CCS)NC(C)=O. The molecule has 16 heteroatoms. The average molecular weight is 624 g/mol. The van der Waals surface area contributed by atoms with Crippen LogP contribution in [0.25, 0.3) is 0 Å². The fourth-order valence-electron chi connectivity index (χ4n) is 3.65. The zero-order chi connectivity index (χ0) is 30.5. The van der Waals surface area contributed by atoms with Gasteiger partial charge in [-0.1, -0.05) is 0 Å². The van der Waals surface area contributed by atoms with E-state index < -0.39 is 18.1 Å². The minimum Gasteiger partial charge on any atom is -0.353 e. The van der Waals surface area contributed by atoms with Crippen LogP contribution in [-0.4, -0.2) is 115 Å². The van der Waals surface area contributed by atoms with Gasteiger partial charge in [-0.05, 0) is 36.5 Å². The average Bonchev–Trinajstić information content (AvgIpc) is 2.86. The maximum atomic E-state index is 12.5. The molecule has 0 aliphatic carbocycles. The first kappa shape index (κ1) is 37.8. The summed E-state index contributed by atoms with van der Waals surface area (Å²) in [6, 6.07) is -2.09. The molecule has 6 N–H and O–H groups in total. The van der Waals surface area contributed by atoms with Crippen molar-refractivity contribution in [2.45, 2.75) is 58.2 Å². The van der Waals surface area contributed by atoms with Crippen molar-refractivity contribution in [2.75, 3.05) is 56.5 Å². The highest BCUT2D eigenvalue weighted by molar-refractivity contribution is 7.80. The van der Waals surface area contributed by atoms with Crippen LogP contribution in [0.15, 0.2) is 0 Å². The molecule has 3 atom stereocenters. The molecule has 0 saturated carbocycles. The van der Waals surface area contributed by atoms with Gasteiger partial charge in [-0.15, -0.1) is 0 Å². The first-order chi connectivity index (χ1) is 18.9. The van der Waals surface area contributed by atoms with E-state index in [1.54, 1.807) is 0 Å². The highest BCUT2D eigenvalue weighted by Gasteiger charge is 2.21. The maximum absolute atomic E-state index is 12.5. The van der Waals surface area contributed by atoms with E-state index in [9.17, 15) is 28.8 Å². The second kappa shape index (κ2) is 22.5. The molecule has 0 radical (unpaired) electrons. The summed E-state index contributed by atoms with van der Waals surface area (Å²) in [6.07, 6.45) is 1.12. The molecule has 0 spiro atoms. The van der Waals surface area contributed by atoms with Gasteiger partial charge in [0.2, 0.25) is 35.4 Å².